The van der Waals surface area contributed by atoms with Crippen LogP contribution >= 0.6 is 47.3 Å². The van der Waals surface area contributed by atoms with E-state index in [0.717, 1.165) is 44.3 Å². The number of hydrogen-bond acceptors (Lipinski definition) is 3. The Morgan fingerprint density at radius 3 is 2.87 bits per heavy atom. The normalized spacial score (nSPS) is 17.6. The lowest BCUT2D eigenvalue weighted by atomic mass is 10.2. The Morgan fingerprint density at radius 2 is 2.26 bits per heavy atom. The maximum atomic E-state index is 5.81. The molecule has 2 rings (SSSR count). The minimum atomic E-state index is 0. The van der Waals surface area contributed by atoms with Crippen LogP contribution in [0.5, 0.6) is 0 Å². The van der Waals surface area contributed by atoms with Crippen LogP contribution in [-0.4, -0.2) is 52.5 Å². The van der Waals surface area contributed by atoms with Gasteiger partial charge in [0.1, 0.15) is 5.15 Å². The molecule has 7 heteroatoms. The predicted octanol–water partition coefficient (Wildman–Crippen LogP) is 3.69. The summed E-state index contributed by atoms with van der Waals surface area (Å²) >= 11 is 7.84. The zero-order valence-electron chi connectivity index (χ0n) is 14.0. The molecule has 1 aromatic rings. The summed E-state index contributed by atoms with van der Waals surface area (Å²) in [6.45, 7) is 10.5. The maximum Gasteiger partial charge on any atom is 0.193 e. The second-order valence-corrected chi connectivity index (χ2v) is 8.19. The predicted molar refractivity (Wildman–Crippen MR) is 112 cm³/mol. The molecule has 0 amide bonds. The van der Waals surface area contributed by atoms with E-state index >= 15 is 0 Å². The van der Waals surface area contributed by atoms with E-state index in [4.69, 9.17) is 16.6 Å². The van der Waals surface area contributed by atoms with Crippen molar-refractivity contribution in [3.63, 3.8) is 0 Å². The highest BCUT2D eigenvalue weighted by atomic mass is 127. The van der Waals surface area contributed by atoms with Gasteiger partial charge < -0.3 is 10.2 Å². The molecule has 0 unspecified atom stereocenters. The summed E-state index contributed by atoms with van der Waals surface area (Å²) in [5.74, 6) is 2.18. The van der Waals surface area contributed by atoms with Crippen LogP contribution in [0, 0.1) is 0 Å². The molecule has 2 heterocycles. The molecule has 1 aliphatic rings. The van der Waals surface area contributed by atoms with Crippen LogP contribution in [0.4, 0.5) is 0 Å². The van der Waals surface area contributed by atoms with Crippen molar-refractivity contribution in [3.8, 4) is 0 Å². The number of hydrogen-bond donors (Lipinski definition) is 1. The van der Waals surface area contributed by atoms with E-state index in [1.165, 1.54) is 5.56 Å². The van der Waals surface area contributed by atoms with E-state index in [1.807, 2.05) is 30.1 Å². The highest BCUT2D eigenvalue weighted by molar-refractivity contribution is 14.0. The van der Waals surface area contributed by atoms with E-state index in [1.54, 1.807) is 0 Å². The molecule has 23 heavy (non-hydrogen) atoms. The molecule has 1 aliphatic heterocycles. The van der Waals surface area contributed by atoms with E-state index in [0.29, 0.717) is 5.15 Å². The quantitative estimate of drug-likeness (QED) is 0.317. The van der Waals surface area contributed by atoms with Crippen LogP contribution in [0.15, 0.2) is 23.3 Å². The second kappa shape index (κ2) is 9.93. The Labute approximate surface area is 165 Å². The number of aliphatic imine (C=N–C) groups is 1. The fraction of sp³-hybridized carbons (Fsp3) is 0.625. The van der Waals surface area contributed by atoms with Crippen LogP contribution in [0.2, 0.25) is 5.15 Å². The van der Waals surface area contributed by atoms with Gasteiger partial charge in [-0.1, -0.05) is 17.7 Å². The van der Waals surface area contributed by atoms with Gasteiger partial charge in [0.05, 0.1) is 0 Å². The topological polar surface area (TPSA) is 40.5 Å². The molecule has 0 bridgehead atoms. The maximum absolute atomic E-state index is 5.81. The van der Waals surface area contributed by atoms with Crippen LogP contribution < -0.4 is 5.32 Å². The van der Waals surface area contributed by atoms with Crippen LogP contribution in [0.3, 0.4) is 0 Å². The third-order valence-corrected chi connectivity index (χ3v) is 5.03. The average Bonchev–Trinajstić information content (AvgIpc) is 2.47. The van der Waals surface area contributed by atoms with Crippen molar-refractivity contribution in [1.29, 1.82) is 0 Å². The molecule has 4 nitrogen and oxygen atoms in total. The second-order valence-electron chi connectivity index (χ2n) is 6.00. The van der Waals surface area contributed by atoms with Gasteiger partial charge in [-0.3, -0.25) is 4.99 Å². The lowest BCUT2D eigenvalue weighted by Crippen LogP contribution is -2.51. The van der Waals surface area contributed by atoms with E-state index in [-0.39, 0.29) is 28.7 Å². The molecule has 1 saturated heterocycles. The number of guanidine groups is 1. The monoisotopic (exact) mass is 468 g/mol. The highest BCUT2D eigenvalue weighted by Crippen LogP contribution is 2.29. The first-order valence-electron chi connectivity index (χ1n) is 7.78. The van der Waals surface area contributed by atoms with Gasteiger partial charge >= 0.3 is 0 Å². The van der Waals surface area contributed by atoms with Crippen LogP contribution in [0.1, 0.15) is 26.3 Å². The summed E-state index contributed by atoms with van der Waals surface area (Å²) in [6, 6.07) is 3.84. The van der Waals surface area contributed by atoms with Crippen LogP contribution in [0.25, 0.3) is 0 Å². The Hall–Kier alpha value is -0.210. The first-order valence-corrected chi connectivity index (χ1v) is 9.14. The number of rotatable bonds is 4. The smallest absolute Gasteiger partial charge is 0.193 e. The molecule has 0 aromatic carbocycles. The molecule has 0 atom stereocenters. The Bertz CT molecular complexity index is 507. The molecular formula is C16H26ClIN4S. The lowest BCUT2D eigenvalue weighted by Gasteiger charge is -2.39. The Balaban J connectivity index is 0.00000264. The first-order chi connectivity index (χ1) is 10.5. The highest BCUT2D eigenvalue weighted by Gasteiger charge is 2.28. The number of halogens is 2. The molecule has 0 spiro atoms. The molecule has 1 N–H and O–H groups in total. The summed E-state index contributed by atoms with van der Waals surface area (Å²) in [6.07, 6.45) is 2.70. The zero-order valence-corrected chi connectivity index (χ0v) is 17.9. The van der Waals surface area contributed by atoms with Gasteiger partial charge in [-0.05, 0) is 38.8 Å². The number of nitrogens with one attached hydrogen (secondary N) is 1. The molecular weight excluding hydrogens is 443 g/mol. The SMILES string of the molecule is CCNC(=NCCc1ccc(Cl)nc1)N1CCSC(C)(C)C1.I. The molecule has 0 aliphatic carbocycles. The van der Waals surface area contributed by atoms with Gasteiger partial charge in [0.25, 0.3) is 0 Å². The van der Waals surface area contributed by atoms with Gasteiger partial charge in [-0.15, -0.1) is 24.0 Å². The largest absolute Gasteiger partial charge is 0.357 e. The molecule has 1 aromatic heterocycles. The van der Waals surface area contributed by atoms with Crippen molar-refractivity contribution in [2.45, 2.75) is 31.9 Å². The van der Waals surface area contributed by atoms with Gasteiger partial charge in [0, 0.05) is 42.9 Å². The van der Waals surface area contributed by atoms with E-state index < -0.39 is 0 Å². The molecule has 0 saturated carbocycles. The van der Waals surface area contributed by atoms with Gasteiger partial charge in [0.2, 0.25) is 0 Å². The minimum Gasteiger partial charge on any atom is -0.357 e. The standard InChI is InChI=1S/C16H25ClN4S.HI/c1-4-18-15(21-9-10-22-16(2,3)12-21)19-8-7-13-5-6-14(17)20-11-13;/h5-6,11H,4,7-10,12H2,1-3H3,(H,18,19);1H. The summed E-state index contributed by atoms with van der Waals surface area (Å²) < 4.78 is 0.286. The van der Waals surface area contributed by atoms with Crippen molar-refractivity contribution in [1.82, 2.24) is 15.2 Å². The summed E-state index contributed by atoms with van der Waals surface area (Å²) in [4.78, 5) is 11.3. The van der Waals surface area contributed by atoms with Crippen molar-refractivity contribution >= 4 is 53.3 Å². The zero-order chi connectivity index (χ0) is 16.0. The van der Waals surface area contributed by atoms with E-state index in [2.05, 4.69) is 36.0 Å². The molecule has 1 fully saturated rings. The van der Waals surface area contributed by atoms with Gasteiger partial charge in [-0.2, -0.15) is 11.8 Å². The van der Waals surface area contributed by atoms with Crippen molar-refractivity contribution in [2.24, 2.45) is 4.99 Å². The van der Waals surface area contributed by atoms with Crippen LogP contribution in [-0.2, 0) is 6.42 Å². The number of pyridine rings is 1. The number of nitrogens with zero attached hydrogens (tertiary/aromatic N) is 3. The van der Waals surface area contributed by atoms with E-state index in [9.17, 15) is 0 Å². The minimum absolute atomic E-state index is 0. The summed E-state index contributed by atoms with van der Waals surface area (Å²) in [5.41, 5.74) is 1.17. The third kappa shape index (κ3) is 7.05. The van der Waals surface area contributed by atoms with Crippen molar-refractivity contribution < 1.29 is 0 Å². The molecule has 130 valence electrons. The van der Waals surface area contributed by atoms with Crippen molar-refractivity contribution in [3.05, 3.63) is 29.0 Å². The summed E-state index contributed by atoms with van der Waals surface area (Å²) in [5, 5.41) is 3.95. The Morgan fingerprint density at radius 1 is 1.48 bits per heavy atom. The first kappa shape index (κ1) is 20.8. The number of thioether (sulfide) groups is 1. The summed E-state index contributed by atoms with van der Waals surface area (Å²) in [7, 11) is 0. The van der Waals surface area contributed by atoms with Gasteiger partial charge in [-0.25, -0.2) is 4.98 Å². The lowest BCUT2D eigenvalue weighted by molar-refractivity contribution is 0.376. The average molecular weight is 469 g/mol. The number of aromatic nitrogens is 1. The third-order valence-electron chi connectivity index (χ3n) is 3.51. The van der Waals surface area contributed by atoms with Crippen molar-refractivity contribution in [2.75, 3.05) is 31.9 Å². The Kier molecular flexibility index (Phi) is 9.00. The fourth-order valence-electron chi connectivity index (χ4n) is 2.47. The fourth-order valence-corrected chi connectivity index (χ4v) is 3.69. The molecule has 0 radical (unpaired) electrons. The van der Waals surface area contributed by atoms with Gasteiger partial charge in [0.15, 0.2) is 5.96 Å².